The molecule has 1 saturated heterocycles. The summed E-state index contributed by atoms with van der Waals surface area (Å²) >= 11 is 0. The second kappa shape index (κ2) is 10.7. The van der Waals surface area contributed by atoms with Crippen LogP contribution >= 0.6 is 0 Å². The first kappa shape index (κ1) is 25.1. The van der Waals surface area contributed by atoms with Crippen molar-refractivity contribution in [1.82, 2.24) is 4.90 Å². The molecule has 0 unspecified atom stereocenters. The molecule has 1 heterocycles. The molecule has 0 spiro atoms. The number of nitriles is 1. The molecule has 184 valence electrons. The molecule has 7 nitrogen and oxygen atoms in total. The van der Waals surface area contributed by atoms with Gasteiger partial charge < -0.3 is 20.1 Å². The largest absolute Gasteiger partial charge is 0.380 e. The lowest BCUT2D eigenvalue weighted by Crippen LogP contribution is -2.62. The van der Waals surface area contributed by atoms with Crippen molar-refractivity contribution in [3.05, 3.63) is 102 Å². The number of nitrogens with zero attached hydrogens (tertiary/aromatic N) is 2. The molecule has 1 aliphatic heterocycles. The topological polar surface area (TPSA) is 103 Å². The third-order valence-corrected chi connectivity index (χ3v) is 6.63. The molecular formula is C29H29N3O4. The van der Waals surface area contributed by atoms with Crippen LogP contribution in [0.5, 0.6) is 0 Å². The lowest BCUT2D eigenvalue weighted by molar-refractivity contribution is -0.173. The van der Waals surface area contributed by atoms with Crippen molar-refractivity contribution in [3.8, 4) is 6.07 Å². The Kier molecular flexibility index (Phi) is 7.49. The number of hydrogen-bond donors (Lipinski definition) is 2. The Balaban J connectivity index is 1.57. The van der Waals surface area contributed by atoms with Crippen LogP contribution in [-0.4, -0.2) is 52.7 Å². The normalized spacial score (nSPS) is 16.9. The van der Waals surface area contributed by atoms with E-state index in [-0.39, 0.29) is 12.5 Å². The van der Waals surface area contributed by atoms with E-state index in [1.165, 1.54) is 0 Å². The Morgan fingerprint density at radius 2 is 1.58 bits per heavy atom. The fourth-order valence-electron chi connectivity index (χ4n) is 4.84. The third-order valence-electron chi connectivity index (χ3n) is 6.63. The highest BCUT2D eigenvalue weighted by Gasteiger charge is 2.47. The predicted molar refractivity (Wildman–Crippen MR) is 136 cm³/mol. The van der Waals surface area contributed by atoms with Gasteiger partial charge in [-0.2, -0.15) is 5.26 Å². The fraction of sp³-hybridized carbons (Fsp3) is 0.276. The van der Waals surface area contributed by atoms with E-state index in [1.54, 1.807) is 29.2 Å². The second-order valence-corrected chi connectivity index (χ2v) is 9.31. The molecule has 0 aliphatic carbocycles. The highest BCUT2D eigenvalue weighted by molar-refractivity contribution is 5.98. The van der Waals surface area contributed by atoms with Crippen molar-refractivity contribution < 1.29 is 19.4 Å². The monoisotopic (exact) mass is 483 g/mol. The number of nitrogens with one attached hydrogen (secondary N) is 1. The van der Waals surface area contributed by atoms with Crippen LogP contribution in [0.4, 0.5) is 5.69 Å². The summed E-state index contributed by atoms with van der Waals surface area (Å²) in [6.07, 6.45) is -3.03. The third kappa shape index (κ3) is 5.15. The van der Waals surface area contributed by atoms with Crippen LogP contribution in [0.3, 0.4) is 0 Å². The second-order valence-electron chi connectivity index (χ2n) is 9.31. The first-order chi connectivity index (χ1) is 17.3. The van der Waals surface area contributed by atoms with Crippen molar-refractivity contribution in [1.29, 1.82) is 5.26 Å². The number of rotatable bonds is 7. The molecule has 2 N–H and O–H groups in total. The molecule has 0 radical (unpaired) electrons. The summed E-state index contributed by atoms with van der Waals surface area (Å²) in [7, 11) is 0. The van der Waals surface area contributed by atoms with E-state index in [9.17, 15) is 14.7 Å². The number of hydrogen-bond acceptors (Lipinski definition) is 5. The number of aliphatic hydroxyl groups excluding tert-OH is 1. The molecule has 0 saturated carbocycles. The minimum atomic E-state index is -1.70. The predicted octanol–water partition coefficient (Wildman–Crippen LogP) is 3.70. The fourth-order valence-corrected chi connectivity index (χ4v) is 4.84. The summed E-state index contributed by atoms with van der Waals surface area (Å²) in [4.78, 5) is 28.1. The Labute approximate surface area is 210 Å². The Morgan fingerprint density at radius 1 is 1.03 bits per heavy atom. The van der Waals surface area contributed by atoms with Gasteiger partial charge in [0.1, 0.15) is 0 Å². The van der Waals surface area contributed by atoms with E-state index >= 15 is 0 Å². The van der Waals surface area contributed by atoms with E-state index in [0.717, 1.165) is 11.1 Å². The number of morpholine rings is 1. The summed E-state index contributed by atoms with van der Waals surface area (Å²) in [5.41, 5.74) is 2.29. The molecule has 0 aromatic heterocycles. The van der Waals surface area contributed by atoms with Crippen LogP contribution in [0.2, 0.25) is 0 Å². The quantitative estimate of drug-likeness (QED) is 0.534. The van der Waals surface area contributed by atoms with Gasteiger partial charge in [0.05, 0.1) is 18.2 Å². The van der Waals surface area contributed by atoms with Crippen molar-refractivity contribution in [2.24, 2.45) is 0 Å². The highest BCUT2D eigenvalue weighted by Crippen LogP contribution is 2.40. The average Bonchev–Trinajstić information content (AvgIpc) is 2.90. The average molecular weight is 484 g/mol. The van der Waals surface area contributed by atoms with Gasteiger partial charge >= 0.3 is 0 Å². The van der Waals surface area contributed by atoms with Gasteiger partial charge in [0.15, 0.2) is 12.2 Å². The van der Waals surface area contributed by atoms with Crippen LogP contribution in [0.1, 0.15) is 36.5 Å². The van der Waals surface area contributed by atoms with Crippen molar-refractivity contribution in [3.63, 3.8) is 0 Å². The van der Waals surface area contributed by atoms with Crippen molar-refractivity contribution in [2.75, 3.05) is 18.5 Å². The maximum Gasteiger partial charge on any atom is 0.256 e. The molecule has 36 heavy (non-hydrogen) atoms. The number of aliphatic hydroxyl groups is 1. The summed E-state index contributed by atoms with van der Waals surface area (Å²) in [6, 6.07) is 28.2. The molecule has 3 aromatic carbocycles. The van der Waals surface area contributed by atoms with Gasteiger partial charge in [-0.15, -0.1) is 0 Å². The zero-order valence-corrected chi connectivity index (χ0v) is 20.3. The van der Waals surface area contributed by atoms with Crippen molar-refractivity contribution >= 4 is 17.5 Å². The number of carbonyl (C=O) groups is 2. The summed E-state index contributed by atoms with van der Waals surface area (Å²) < 4.78 is 5.62. The summed E-state index contributed by atoms with van der Waals surface area (Å²) in [6.45, 7) is 4.53. The van der Waals surface area contributed by atoms with Gasteiger partial charge in [-0.1, -0.05) is 60.7 Å². The standard InChI is InChI=1S/C29H29N3O4/c1-29(2,24(21-9-5-3-6-10-21)22-11-7-4-8-12-22)32-17-18-36-26(28(32)35)25(33)27(34)31-23-15-13-20(19-30)14-16-23/h3-16,24-26,33H,17-18H2,1-2H3,(H,31,34)/t25-,26-/m1/s1. The van der Waals surface area contributed by atoms with E-state index in [2.05, 4.69) is 5.32 Å². The minimum absolute atomic E-state index is 0.146. The molecule has 1 fully saturated rings. The first-order valence-corrected chi connectivity index (χ1v) is 11.8. The smallest absolute Gasteiger partial charge is 0.256 e. The number of anilines is 1. The highest BCUT2D eigenvalue weighted by atomic mass is 16.5. The van der Waals surface area contributed by atoms with Gasteiger partial charge in [-0.05, 0) is 49.2 Å². The SMILES string of the molecule is CC(C)(C(c1ccccc1)c1ccccc1)N1CCO[C@H]([C@@H](O)C(=O)Nc2ccc(C#N)cc2)C1=O. The number of benzene rings is 3. The molecular weight excluding hydrogens is 454 g/mol. The first-order valence-electron chi connectivity index (χ1n) is 11.8. The molecule has 1 aliphatic rings. The molecule has 3 aromatic rings. The Bertz CT molecular complexity index is 1200. The van der Waals surface area contributed by atoms with Crippen LogP contribution in [0.25, 0.3) is 0 Å². The van der Waals surface area contributed by atoms with Gasteiger partial charge in [0, 0.05) is 23.7 Å². The molecule has 0 bridgehead atoms. The maximum absolute atomic E-state index is 13.6. The number of amides is 2. The molecule has 2 atom stereocenters. The Morgan fingerprint density at radius 3 is 2.11 bits per heavy atom. The van der Waals surface area contributed by atoms with E-state index in [4.69, 9.17) is 10.00 Å². The molecule has 4 rings (SSSR count). The molecule has 7 heteroatoms. The lowest BCUT2D eigenvalue weighted by Gasteiger charge is -2.48. The minimum Gasteiger partial charge on any atom is -0.380 e. The van der Waals surface area contributed by atoms with E-state index in [0.29, 0.717) is 17.8 Å². The molecule has 2 amide bonds. The zero-order chi connectivity index (χ0) is 25.7. The summed E-state index contributed by atoms with van der Waals surface area (Å²) in [5.74, 6) is -1.34. The maximum atomic E-state index is 13.6. The van der Waals surface area contributed by atoms with Crippen LogP contribution in [0, 0.1) is 11.3 Å². The van der Waals surface area contributed by atoms with Gasteiger partial charge in [0.2, 0.25) is 0 Å². The lowest BCUT2D eigenvalue weighted by atomic mass is 9.75. The summed E-state index contributed by atoms with van der Waals surface area (Å²) in [5, 5.41) is 22.3. The number of ether oxygens (including phenoxy) is 1. The number of carbonyl (C=O) groups excluding carboxylic acids is 2. The zero-order valence-electron chi connectivity index (χ0n) is 20.3. The van der Waals surface area contributed by atoms with E-state index in [1.807, 2.05) is 80.6 Å². The van der Waals surface area contributed by atoms with Gasteiger partial charge in [0.25, 0.3) is 11.8 Å². The van der Waals surface area contributed by atoms with Gasteiger partial charge in [-0.25, -0.2) is 0 Å². The van der Waals surface area contributed by atoms with Crippen LogP contribution < -0.4 is 5.32 Å². The Hall–Kier alpha value is -3.99. The van der Waals surface area contributed by atoms with Crippen LogP contribution in [-0.2, 0) is 14.3 Å². The van der Waals surface area contributed by atoms with Gasteiger partial charge in [-0.3, -0.25) is 9.59 Å². The van der Waals surface area contributed by atoms with Crippen molar-refractivity contribution in [2.45, 2.75) is 37.5 Å². The van der Waals surface area contributed by atoms with E-state index < -0.39 is 29.6 Å². The van der Waals surface area contributed by atoms with Crippen LogP contribution in [0.15, 0.2) is 84.9 Å².